The molecule has 0 N–H and O–H groups in total. The third-order valence-corrected chi connectivity index (χ3v) is 3.53. The van der Waals surface area contributed by atoms with E-state index in [-0.39, 0.29) is 17.6 Å². The van der Waals surface area contributed by atoms with Crippen LogP contribution in [0.2, 0.25) is 0 Å². The number of carbonyl (C=O) groups is 2. The van der Waals surface area contributed by atoms with Crippen LogP contribution in [-0.4, -0.2) is 34.0 Å². The summed E-state index contributed by atoms with van der Waals surface area (Å²) in [5.41, 5.74) is 0. The minimum atomic E-state index is -0.174. The Hall–Kier alpha value is -0.770. The summed E-state index contributed by atoms with van der Waals surface area (Å²) in [4.78, 5) is 25.7. The third-order valence-electron chi connectivity index (χ3n) is 3.07. The second kappa shape index (κ2) is 6.24. The van der Waals surface area contributed by atoms with Crippen molar-refractivity contribution in [1.82, 2.24) is 4.90 Å². The van der Waals surface area contributed by atoms with Gasteiger partial charge in [0.25, 0.3) is 0 Å². The lowest BCUT2D eigenvalue weighted by atomic mass is 9.98. The first-order chi connectivity index (χ1) is 7.93. The zero-order valence-electron chi connectivity index (χ0n) is 10.9. The number of likely N-dealkylation sites (tertiary alicyclic amines) is 1. The van der Waals surface area contributed by atoms with E-state index in [0.717, 1.165) is 25.8 Å². The summed E-state index contributed by atoms with van der Waals surface area (Å²) in [5, 5.41) is 0. The molecular weight excluding hydrogens is 234 g/mol. The van der Waals surface area contributed by atoms with E-state index in [4.69, 9.17) is 12.2 Å². The van der Waals surface area contributed by atoms with Crippen LogP contribution in [0.5, 0.6) is 0 Å². The van der Waals surface area contributed by atoms with E-state index < -0.39 is 0 Å². The van der Waals surface area contributed by atoms with Gasteiger partial charge in [-0.25, -0.2) is 0 Å². The van der Waals surface area contributed by atoms with Gasteiger partial charge in [-0.3, -0.25) is 9.59 Å². The molecule has 1 rings (SSSR count). The molecule has 0 bridgehead atoms. The van der Waals surface area contributed by atoms with Crippen molar-refractivity contribution in [2.45, 2.75) is 52.5 Å². The Labute approximate surface area is 109 Å². The van der Waals surface area contributed by atoms with Crippen molar-refractivity contribution in [3.05, 3.63) is 0 Å². The van der Waals surface area contributed by atoms with Crippen LogP contribution in [0.25, 0.3) is 0 Å². The zero-order chi connectivity index (χ0) is 13.0. The molecule has 1 unspecified atom stereocenters. The summed E-state index contributed by atoms with van der Waals surface area (Å²) < 4.78 is 0. The SMILES string of the molecule is CC(=O)C1CCCCN1C(=S)C(=O)CC(C)C. The summed E-state index contributed by atoms with van der Waals surface area (Å²) in [7, 11) is 0. The van der Waals surface area contributed by atoms with Gasteiger partial charge in [0.05, 0.1) is 6.04 Å². The average Bonchev–Trinajstić information content (AvgIpc) is 2.27. The van der Waals surface area contributed by atoms with Crippen molar-refractivity contribution in [1.29, 1.82) is 0 Å². The van der Waals surface area contributed by atoms with E-state index in [1.807, 2.05) is 18.7 Å². The van der Waals surface area contributed by atoms with Crippen LogP contribution in [-0.2, 0) is 9.59 Å². The minimum absolute atomic E-state index is 0.00292. The highest BCUT2D eigenvalue weighted by atomic mass is 32.1. The Morgan fingerprint density at radius 1 is 1.35 bits per heavy atom. The maximum absolute atomic E-state index is 11.9. The predicted octanol–water partition coefficient (Wildman–Crippen LogP) is 2.37. The molecule has 1 atom stereocenters. The molecule has 4 heteroatoms. The molecule has 1 fully saturated rings. The number of ketones is 2. The van der Waals surface area contributed by atoms with Crippen LogP contribution in [0.4, 0.5) is 0 Å². The van der Waals surface area contributed by atoms with Crippen LogP contribution in [0, 0.1) is 5.92 Å². The van der Waals surface area contributed by atoms with Gasteiger partial charge >= 0.3 is 0 Å². The lowest BCUT2D eigenvalue weighted by molar-refractivity contribution is -0.121. The van der Waals surface area contributed by atoms with E-state index in [1.54, 1.807) is 6.92 Å². The van der Waals surface area contributed by atoms with Crippen molar-refractivity contribution < 1.29 is 9.59 Å². The smallest absolute Gasteiger partial charge is 0.190 e. The van der Waals surface area contributed by atoms with Gasteiger partial charge in [0.15, 0.2) is 11.6 Å². The summed E-state index contributed by atoms with van der Waals surface area (Å²) >= 11 is 5.24. The van der Waals surface area contributed by atoms with Gasteiger partial charge in [-0.1, -0.05) is 26.1 Å². The molecule has 1 aliphatic heterocycles. The molecule has 0 amide bonds. The fourth-order valence-electron chi connectivity index (χ4n) is 2.22. The molecule has 1 aliphatic rings. The molecule has 96 valence electrons. The van der Waals surface area contributed by atoms with Gasteiger partial charge in [-0.2, -0.15) is 0 Å². The summed E-state index contributed by atoms with van der Waals surface area (Å²) in [6.45, 7) is 6.32. The topological polar surface area (TPSA) is 37.4 Å². The molecular formula is C13H21NO2S. The summed E-state index contributed by atoms with van der Waals surface area (Å²) in [5.74, 6) is 0.425. The number of thiocarbonyl (C=S) groups is 1. The third kappa shape index (κ3) is 3.87. The van der Waals surface area contributed by atoms with Crippen LogP contribution >= 0.6 is 12.2 Å². The van der Waals surface area contributed by atoms with Gasteiger partial charge in [-0.05, 0) is 32.1 Å². The number of carbonyl (C=O) groups excluding carboxylic acids is 2. The first kappa shape index (κ1) is 14.3. The lowest BCUT2D eigenvalue weighted by Gasteiger charge is -2.35. The first-order valence-corrected chi connectivity index (χ1v) is 6.68. The van der Waals surface area contributed by atoms with Crippen LogP contribution < -0.4 is 0 Å². The number of Topliss-reactive ketones (excluding diaryl/α,β-unsaturated/α-hetero) is 2. The van der Waals surface area contributed by atoms with Crippen molar-refractivity contribution in [2.75, 3.05) is 6.54 Å². The molecule has 0 aliphatic carbocycles. The zero-order valence-corrected chi connectivity index (χ0v) is 11.7. The van der Waals surface area contributed by atoms with Crippen molar-refractivity contribution >= 4 is 28.8 Å². The Morgan fingerprint density at radius 2 is 2.00 bits per heavy atom. The number of piperidine rings is 1. The van der Waals surface area contributed by atoms with E-state index >= 15 is 0 Å². The highest BCUT2D eigenvalue weighted by Crippen LogP contribution is 2.19. The standard InChI is InChI=1S/C13H21NO2S/c1-9(2)8-12(16)13(17)14-7-5-4-6-11(14)10(3)15/h9,11H,4-8H2,1-3H3. The van der Waals surface area contributed by atoms with Crippen molar-refractivity contribution in [3.63, 3.8) is 0 Å². The lowest BCUT2D eigenvalue weighted by Crippen LogP contribution is -2.49. The molecule has 0 aromatic heterocycles. The molecule has 1 heterocycles. The summed E-state index contributed by atoms with van der Waals surface area (Å²) in [6, 6.07) is -0.174. The van der Waals surface area contributed by atoms with Gasteiger partial charge in [0.1, 0.15) is 4.99 Å². The second-order valence-electron chi connectivity index (χ2n) is 5.14. The Morgan fingerprint density at radius 3 is 2.53 bits per heavy atom. The van der Waals surface area contributed by atoms with E-state index in [9.17, 15) is 9.59 Å². The van der Waals surface area contributed by atoms with E-state index in [2.05, 4.69) is 0 Å². The predicted molar refractivity (Wildman–Crippen MR) is 72.1 cm³/mol. The molecule has 0 aromatic carbocycles. The molecule has 3 nitrogen and oxygen atoms in total. The largest absolute Gasteiger partial charge is 0.350 e. The Bertz CT molecular complexity index is 325. The van der Waals surface area contributed by atoms with E-state index in [0.29, 0.717) is 17.3 Å². The fraction of sp³-hybridized carbons (Fsp3) is 0.769. The Kier molecular flexibility index (Phi) is 5.25. The Balaban J connectivity index is 2.71. The van der Waals surface area contributed by atoms with Gasteiger partial charge in [0, 0.05) is 13.0 Å². The molecule has 17 heavy (non-hydrogen) atoms. The number of nitrogens with zero attached hydrogens (tertiary/aromatic N) is 1. The fourth-order valence-corrected chi connectivity index (χ4v) is 2.52. The van der Waals surface area contributed by atoms with E-state index in [1.165, 1.54) is 0 Å². The van der Waals surface area contributed by atoms with Gasteiger partial charge in [0.2, 0.25) is 0 Å². The van der Waals surface area contributed by atoms with Crippen LogP contribution in [0.1, 0.15) is 46.5 Å². The first-order valence-electron chi connectivity index (χ1n) is 6.27. The molecule has 0 aromatic rings. The highest BCUT2D eigenvalue weighted by Gasteiger charge is 2.30. The molecule has 1 saturated heterocycles. The number of rotatable bonds is 4. The second-order valence-corrected chi connectivity index (χ2v) is 5.53. The molecule has 0 spiro atoms. The monoisotopic (exact) mass is 255 g/mol. The van der Waals surface area contributed by atoms with Gasteiger partial charge in [-0.15, -0.1) is 0 Å². The van der Waals surface area contributed by atoms with Crippen molar-refractivity contribution in [3.8, 4) is 0 Å². The highest BCUT2D eigenvalue weighted by molar-refractivity contribution is 7.82. The molecule has 0 saturated carbocycles. The average molecular weight is 255 g/mol. The minimum Gasteiger partial charge on any atom is -0.350 e. The summed E-state index contributed by atoms with van der Waals surface area (Å²) in [6.07, 6.45) is 3.35. The number of hydrogen-bond acceptors (Lipinski definition) is 3. The normalized spacial score (nSPS) is 20.5. The van der Waals surface area contributed by atoms with Crippen LogP contribution in [0.15, 0.2) is 0 Å². The van der Waals surface area contributed by atoms with Crippen LogP contribution in [0.3, 0.4) is 0 Å². The maximum Gasteiger partial charge on any atom is 0.190 e. The number of hydrogen-bond donors (Lipinski definition) is 0. The van der Waals surface area contributed by atoms with Gasteiger partial charge < -0.3 is 4.90 Å². The quantitative estimate of drug-likeness (QED) is 0.723. The van der Waals surface area contributed by atoms with Crippen molar-refractivity contribution in [2.24, 2.45) is 5.92 Å². The maximum atomic E-state index is 11.9. The molecule has 0 radical (unpaired) electrons.